The van der Waals surface area contributed by atoms with E-state index in [2.05, 4.69) is 10.2 Å². The van der Waals surface area contributed by atoms with Crippen LogP contribution in [0.2, 0.25) is 0 Å². The van der Waals surface area contributed by atoms with Gasteiger partial charge in [-0.05, 0) is 43.7 Å². The number of carbonyl (C=O) groups excluding carboxylic acids is 1. The summed E-state index contributed by atoms with van der Waals surface area (Å²) in [5.41, 5.74) is 1.29. The maximum absolute atomic E-state index is 13.4. The van der Waals surface area contributed by atoms with Crippen LogP contribution in [0.5, 0.6) is 0 Å². The second kappa shape index (κ2) is 6.51. The SMILES string of the molecule is Cc1ccc(-c2cc(C(=O)N(C)C(C)c3ccc(F)c(F)c3)n[nH]2)o1. The van der Waals surface area contributed by atoms with Crippen LogP contribution < -0.4 is 0 Å². The number of amides is 1. The lowest BCUT2D eigenvalue weighted by molar-refractivity contribution is 0.0736. The number of carbonyl (C=O) groups is 1. The standard InChI is InChI=1S/C18H17F2N3O2/c1-10-4-7-17(25-10)15-9-16(22-21-15)18(24)23(3)11(2)12-5-6-13(19)14(20)8-12/h4-9,11H,1-3H3,(H,21,22). The van der Waals surface area contributed by atoms with Crippen molar-refractivity contribution >= 4 is 5.91 Å². The second-order valence-corrected chi connectivity index (χ2v) is 5.84. The van der Waals surface area contributed by atoms with Crippen LogP contribution in [-0.4, -0.2) is 28.1 Å². The quantitative estimate of drug-likeness (QED) is 0.775. The van der Waals surface area contributed by atoms with Gasteiger partial charge in [0.15, 0.2) is 23.1 Å². The van der Waals surface area contributed by atoms with E-state index in [-0.39, 0.29) is 11.6 Å². The van der Waals surface area contributed by atoms with E-state index in [1.54, 1.807) is 26.1 Å². The van der Waals surface area contributed by atoms with E-state index in [9.17, 15) is 13.6 Å². The fourth-order valence-corrected chi connectivity index (χ4v) is 2.49. The summed E-state index contributed by atoms with van der Waals surface area (Å²) in [6.07, 6.45) is 0. The number of nitrogens with zero attached hydrogens (tertiary/aromatic N) is 2. The van der Waals surface area contributed by atoms with Crippen molar-refractivity contribution in [3.63, 3.8) is 0 Å². The number of halogens is 2. The van der Waals surface area contributed by atoms with Gasteiger partial charge in [0.25, 0.3) is 5.91 Å². The minimum atomic E-state index is -0.944. The van der Waals surface area contributed by atoms with Gasteiger partial charge in [0.05, 0.1) is 6.04 Å². The molecule has 7 heteroatoms. The van der Waals surface area contributed by atoms with E-state index in [4.69, 9.17) is 4.42 Å². The molecule has 0 spiro atoms. The minimum Gasteiger partial charge on any atom is -0.460 e. The van der Waals surface area contributed by atoms with Crippen LogP contribution in [0.15, 0.2) is 40.8 Å². The molecule has 0 aliphatic heterocycles. The predicted octanol–water partition coefficient (Wildman–Crippen LogP) is 4.09. The van der Waals surface area contributed by atoms with Gasteiger partial charge in [0.2, 0.25) is 0 Å². The highest BCUT2D eigenvalue weighted by Gasteiger charge is 2.22. The first-order valence-corrected chi connectivity index (χ1v) is 7.71. The van der Waals surface area contributed by atoms with Gasteiger partial charge in [-0.25, -0.2) is 8.78 Å². The first kappa shape index (κ1) is 16.9. The van der Waals surface area contributed by atoms with Gasteiger partial charge in [-0.3, -0.25) is 9.89 Å². The molecule has 0 radical (unpaired) electrons. The summed E-state index contributed by atoms with van der Waals surface area (Å²) < 4.78 is 32.0. The molecule has 3 aromatic rings. The maximum atomic E-state index is 13.4. The lowest BCUT2D eigenvalue weighted by atomic mass is 10.1. The molecule has 130 valence electrons. The highest BCUT2D eigenvalue weighted by molar-refractivity contribution is 5.93. The van der Waals surface area contributed by atoms with Crippen molar-refractivity contribution in [2.45, 2.75) is 19.9 Å². The Morgan fingerprint density at radius 2 is 1.96 bits per heavy atom. The van der Waals surface area contributed by atoms with Gasteiger partial charge in [-0.2, -0.15) is 5.10 Å². The number of nitrogens with one attached hydrogen (secondary N) is 1. The van der Waals surface area contributed by atoms with Crippen LogP contribution in [0.1, 0.15) is 34.8 Å². The number of H-pyrrole nitrogens is 1. The number of aromatic amines is 1. The average molecular weight is 345 g/mol. The van der Waals surface area contributed by atoms with Gasteiger partial charge >= 0.3 is 0 Å². The number of benzene rings is 1. The number of aromatic nitrogens is 2. The zero-order valence-electron chi connectivity index (χ0n) is 14.0. The molecule has 0 saturated heterocycles. The average Bonchev–Trinajstić information content (AvgIpc) is 3.24. The second-order valence-electron chi connectivity index (χ2n) is 5.84. The Morgan fingerprint density at radius 1 is 1.20 bits per heavy atom. The summed E-state index contributed by atoms with van der Waals surface area (Å²) >= 11 is 0. The van der Waals surface area contributed by atoms with Gasteiger partial charge in [-0.1, -0.05) is 6.07 Å². The summed E-state index contributed by atoms with van der Waals surface area (Å²) in [6.45, 7) is 3.55. The van der Waals surface area contributed by atoms with Crippen LogP contribution in [-0.2, 0) is 0 Å². The van der Waals surface area contributed by atoms with E-state index in [1.807, 2.05) is 13.0 Å². The smallest absolute Gasteiger partial charge is 0.274 e. The number of furan rings is 1. The molecule has 1 amide bonds. The highest BCUT2D eigenvalue weighted by atomic mass is 19.2. The van der Waals surface area contributed by atoms with Crippen LogP contribution in [0.25, 0.3) is 11.5 Å². The summed E-state index contributed by atoms with van der Waals surface area (Å²) in [7, 11) is 1.58. The van der Waals surface area contributed by atoms with E-state index < -0.39 is 17.7 Å². The first-order valence-electron chi connectivity index (χ1n) is 7.71. The number of rotatable bonds is 4. The van der Waals surface area contributed by atoms with Crippen molar-refractivity contribution in [1.29, 1.82) is 0 Å². The zero-order chi connectivity index (χ0) is 18.1. The molecular weight excluding hydrogens is 328 g/mol. The minimum absolute atomic E-state index is 0.209. The van der Waals surface area contributed by atoms with Gasteiger partial charge in [-0.15, -0.1) is 0 Å². The molecule has 5 nitrogen and oxygen atoms in total. The maximum Gasteiger partial charge on any atom is 0.274 e. The van der Waals surface area contributed by atoms with E-state index in [0.29, 0.717) is 17.0 Å². The molecule has 1 N–H and O–H groups in total. The zero-order valence-corrected chi connectivity index (χ0v) is 14.0. The van der Waals surface area contributed by atoms with Crippen molar-refractivity contribution in [3.8, 4) is 11.5 Å². The molecule has 0 saturated carbocycles. The Balaban J connectivity index is 1.80. The van der Waals surface area contributed by atoms with Gasteiger partial charge < -0.3 is 9.32 Å². The van der Waals surface area contributed by atoms with Crippen LogP contribution in [0.4, 0.5) is 8.78 Å². The molecule has 1 atom stereocenters. The molecule has 2 aromatic heterocycles. The van der Waals surface area contributed by atoms with Gasteiger partial charge in [0.1, 0.15) is 11.5 Å². The Labute approximate surface area is 143 Å². The molecule has 0 aliphatic carbocycles. The van der Waals surface area contributed by atoms with Crippen molar-refractivity contribution in [3.05, 3.63) is 65.1 Å². The summed E-state index contributed by atoms with van der Waals surface area (Å²) in [4.78, 5) is 14.0. The molecule has 1 unspecified atom stereocenters. The van der Waals surface area contributed by atoms with E-state index >= 15 is 0 Å². The monoisotopic (exact) mass is 345 g/mol. The normalized spacial score (nSPS) is 12.2. The van der Waals surface area contributed by atoms with Crippen LogP contribution >= 0.6 is 0 Å². The fourth-order valence-electron chi connectivity index (χ4n) is 2.49. The van der Waals surface area contributed by atoms with Crippen LogP contribution in [0.3, 0.4) is 0 Å². The molecule has 0 bridgehead atoms. The molecule has 25 heavy (non-hydrogen) atoms. The third-order valence-corrected chi connectivity index (χ3v) is 4.13. The Hall–Kier alpha value is -2.96. The molecule has 0 aliphatic rings. The Morgan fingerprint density at radius 3 is 2.60 bits per heavy atom. The molecule has 3 rings (SSSR count). The number of hydrogen-bond acceptors (Lipinski definition) is 3. The molecular formula is C18H17F2N3O2. The Bertz CT molecular complexity index is 917. The lowest BCUT2D eigenvalue weighted by Gasteiger charge is -2.24. The fraction of sp³-hybridized carbons (Fsp3) is 0.222. The summed E-state index contributed by atoms with van der Waals surface area (Å²) in [5, 5.41) is 6.79. The largest absolute Gasteiger partial charge is 0.460 e. The number of aryl methyl sites for hydroxylation is 1. The summed E-state index contributed by atoms with van der Waals surface area (Å²) in [6, 6.07) is 8.33. The van der Waals surface area contributed by atoms with E-state index in [0.717, 1.165) is 17.9 Å². The first-order chi connectivity index (χ1) is 11.9. The Kier molecular flexibility index (Phi) is 4.39. The summed E-state index contributed by atoms with van der Waals surface area (Å²) in [5.74, 6) is -0.874. The molecule has 1 aromatic carbocycles. The van der Waals surface area contributed by atoms with Crippen molar-refractivity contribution in [1.82, 2.24) is 15.1 Å². The number of hydrogen-bond donors (Lipinski definition) is 1. The van der Waals surface area contributed by atoms with Gasteiger partial charge in [0, 0.05) is 13.1 Å². The van der Waals surface area contributed by atoms with Crippen molar-refractivity contribution in [2.75, 3.05) is 7.05 Å². The van der Waals surface area contributed by atoms with Crippen molar-refractivity contribution < 1.29 is 18.0 Å². The third kappa shape index (κ3) is 3.31. The topological polar surface area (TPSA) is 62.1 Å². The molecule has 2 heterocycles. The van der Waals surface area contributed by atoms with E-state index in [1.165, 1.54) is 11.0 Å². The molecule has 0 fully saturated rings. The van der Waals surface area contributed by atoms with Crippen LogP contribution in [0, 0.1) is 18.6 Å². The third-order valence-electron chi connectivity index (χ3n) is 4.13. The predicted molar refractivity (Wildman–Crippen MR) is 87.9 cm³/mol. The lowest BCUT2D eigenvalue weighted by Crippen LogP contribution is -2.30. The van der Waals surface area contributed by atoms with Crippen molar-refractivity contribution in [2.24, 2.45) is 0 Å². The highest BCUT2D eigenvalue weighted by Crippen LogP contribution is 2.24.